The van der Waals surface area contributed by atoms with E-state index in [1.54, 1.807) is 31.4 Å². The standard InChI is InChI=1S/C25H25NO4S/c1-30-22-11-9-20(10-12-22)25(15-2-3-16-25)24(27)26-21-6-4-5-19(17-21)18-7-13-23(14-8-18)31(28)29/h4-14,17H,2-3,15-16H2,1H3,(H,26,27)(H,28,29)/p-1. The van der Waals surface area contributed by atoms with Gasteiger partial charge in [0.25, 0.3) is 0 Å². The molecule has 1 N–H and O–H groups in total. The van der Waals surface area contributed by atoms with Gasteiger partial charge in [0.1, 0.15) is 5.75 Å². The minimum atomic E-state index is -2.25. The fourth-order valence-electron chi connectivity index (χ4n) is 4.32. The van der Waals surface area contributed by atoms with E-state index in [9.17, 15) is 13.6 Å². The predicted molar refractivity (Wildman–Crippen MR) is 121 cm³/mol. The van der Waals surface area contributed by atoms with Gasteiger partial charge in [-0.05, 0) is 77.0 Å². The summed E-state index contributed by atoms with van der Waals surface area (Å²) >= 11 is -2.25. The van der Waals surface area contributed by atoms with Crippen molar-refractivity contribution in [3.05, 3.63) is 78.4 Å². The molecule has 160 valence electrons. The van der Waals surface area contributed by atoms with Crippen LogP contribution in [0.2, 0.25) is 0 Å². The lowest BCUT2D eigenvalue weighted by molar-refractivity contribution is -0.121. The Morgan fingerprint density at radius 1 is 0.968 bits per heavy atom. The monoisotopic (exact) mass is 434 g/mol. The first-order valence-corrected chi connectivity index (χ1v) is 11.4. The molecule has 0 aliphatic heterocycles. The van der Waals surface area contributed by atoms with Gasteiger partial charge >= 0.3 is 0 Å². The van der Waals surface area contributed by atoms with Crippen LogP contribution in [0.15, 0.2) is 77.7 Å². The summed E-state index contributed by atoms with van der Waals surface area (Å²) in [5, 5.41) is 3.12. The molecule has 1 aliphatic rings. The van der Waals surface area contributed by atoms with Crippen LogP contribution in [-0.2, 0) is 21.3 Å². The molecule has 1 unspecified atom stereocenters. The lowest BCUT2D eigenvalue weighted by Gasteiger charge is -2.28. The van der Waals surface area contributed by atoms with Crippen LogP contribution in [0.3, 0.4) is 0 Å². The van der Waals surface area contributed by atoms with Crippen molar-refractivity contribution in [3.63, 3.8) is 0 Å². The largest absolute Gasteiger partial charge is 0.768 e. The third-order valence-electron chi connectivity index (χ3n) is 6.03. The van der Waals surface area contributed by atoms with Crippen molar-refractivity contribution >= 4 is 22.7 Å². The zero-order valence-corrected chi connectivity index (χ0v) is 18.1. The van der Waals surface area contributed by atoms with E-state index in [2.05, 4.69) is 5.32 Å². The zero-order valence-electron chi connectivity index (χ0n) is 17.3. The molecule has 1 amide bonds. The molecule has 0 bridgehead atoms. The quantitative estimate of drug-likeness (QED) is 0.551. The minimum absolute atomic E-state index is 0.00409. The first-order valence-electron chi connectivity index (χ1n) is 10.3. The summed E-state index contributed by atoms with van der Waals surface area (Å²) in [5.41, 5.74) is 2.99. The number of carbonyl (C=O) groups excluding carboxylic acids is 1. The number of carbonyl (C=O) groups is 1. The summed E-state index contributed by atoms with van der Waals surface area (Å²) in [6, 6.07) is 22.1. The molecule has 0 radical (unpaired) electrons. The van der Waals surface area contributed by atoms with Crippen LogP contribution >= 0.6 is 0 Å². The van der Waals surface area contributed by atoms with E-state index < -0.39 is 16.5 Å². The number of rotatable bonds is 6. The Balaban J connectivity index is 1.58. The van der Waals surface area contributed by atoms with Gasteiger partial charge in [0.2, 0.25) is 5.91 Å². The molecule has 6 heteroatoms. The third-order valence-corrected chi connectivity index (χ3v) is 6.69. The molecule has 1 atom stereocenters. The molecule has 0 spiro atoms. The number of ether oxygens (including phenoxy) is 1. The first-order chi connectivity index (χ1) is 15.0. The van der Waals surface area contributed by atoms with Gasteiger partial charge < -0.3 is 14.6 Å². The highest BCUT2D eigenvalue weighted by Gasteiger charge is 2.42. The molecule has 3 aromatic carbocycles. The van der Waals surface area contributed by atoms with Crippen molar-refractivity contribution in [1.82, 2.24) is 0 Å². The maximum atomic E-state index is 13.4. The summed E-state index contributed by atoms with van der Waals surface area (Å²) < 4.78 is 27.4. The average Bonchev–Trinajstić information content (AvgIpc) is 3.31. The first kappa shape index (κ1) is 21.3. The highest BCUT2D eigenvalue weighted by Crippen LogP contribution is 2.42. The van der Waals surface area contributed by atoms with E-state index in [4.69, 9.17) is 4.74 Å². The number of benzene rings is 3. The molecular formula is C25H24NO4S-. The Hall–Kier alpha value is -2.96. The fourth-order valence-corrected chi connectivity index (χ4v) is 4.68. The van der Waals surface area contributed by atoms with Crippen LogP contribution < -0.4 is 10.1 Å². The lowest BCUT2D eigenvalue weighted by Crippen LogP contribution is -2.37. The third kappa shape index (κ3) is 4.40. The molecule has 3 aromatic rings. The van der Waals surface area contributed by atoms with Gasteiger partial charge in [-0.15, -0.1) is 0 Å². The van der Waals surface area contributed by atoms with Crippen molar-refractivity contribution in [3.8, 4) is 16.9 Å². The van der Waals surface area contributed by atoms with Gasteiger partial charge in [0.05, 0.1) is 12.5 Å². The van der Waals surface area contributed by atoms with Gasteiger partial charge in [0, 0.05) is 10.6 Å². The summed E-state index contributed by atoms with van der Waals surface area (Å²) in [5.74, 6) is 0.779. The van der Waals surface area contributed by atoms with Crippen molar-refractivity contribution in [2.45, 2.75) is 36.0 Å². The molecule has 0 saturated heterocycles. The molecular weight excluding hydrogens is 410 g/mol. The summed E-state index contributed by atoms with van der Waals surface area (Å²) in [4.78, 5) is 13.7. The van der Waals surface area contributed by atoms with Gasteiger partial charge in [0.15, 0.2) is 0 Å². The van der Waals surface area contributed by atoms with Crippen molar-refractivity contribution < 1.29 is 18.3 Å². The van der Waals surface area contributed by atoms with E-state index in [-0.39, 0.29) is 10.8 Å². The molecule has 31 heavy (non-hydrogen) atoms. The average molecular weight is 435 g/mol. The molecule has 4 rings (SSSR count). The second kappa shape index (κ2) is 9.04. The Morgan fingerprint density at radius 2 is 1.65 bits per heavy atom. The van der Waals surface area contributed by atoms with Crippen LogP contribution in [0.1, 0.15) is 31.2 Å². The number of hydrogen-bond donors (Lipinski definition) is 1. The molecule has 5 nitrogen and oxygen atoms in total. The molecule has 1 saturated carbocycles. The van der Waals surface area contributed by atoms with E-state index in [1.165, 1.54) is 0 Å². The normalized spacial score (nSPS) is 15.9. The van der Waals surface area contributed by atoms with Crippen LogP contribution in [0.25, 0.3) is 11.1 Å². The Kier molecular flexibility index (Phi) is 6.20. The lowest BCUT2D eigenvalue weighted by atomic mass is 9.78. The minimum Gasteiger partial charge on any atom is -0.768 e. The molecule has 0 aromatic heterocycles. The fraction of sp³-hybridized carbons (Fsp3) is 0.240. The second-order valence-electron chi connectivity index (χ2n) is 7.81. The number of nitrogens with one attached hydrogen (secondary N) is 1. The van der Waals surface area contributed by atoms with Crippen LogP contribution in [0.5, 0.6) is 5.75 Å². The molecule has 0 heterocycles. The highest BCUT2D eigenvalue weighted by atomic mass is 32.2. The van der Waals surface area contributed by atoms with E-state index >= 15 is 0 Å². The maximum absolute atomic E-state index is 13.4. The van der Waals surface area contributed by atoms with Gasteiger partial charge in [-0.1, -0.05) is 49.2 Å². The summed E-state index contributed by atoms with van der Waals surface area (Å²) in [6.07, 6.45) is 3.68. The van der Waals surface area contributed by atoms with Crippen molar-refractivity contribution in [1.29, 1.82) is 0 Å². The Bertz CT molecular complexity index is 1090. The van der Waals surface area contributed by atoms with Crippen LogP contribution in [-0.4, -0.2) is 21.8 Å². The van der Waals surface area contributed by atoms with E-state index in [0.29, 0.717) is 0 Å². The SMILES string of the molecule is COc1ccc(C2(C(=O)Nc3cccc(-c4ccc(S(=O)[O-])cc4)c3)CCCC2)cc1. The topological polar surface area (TPSA) is 78.5 Å². The van der Waals surface area contributed by atoms with Crippen molar-refractivity contribution in [2.75, 3.05) is 12.4 Å². The maximum Gasteiger partial charge on any atom is 0.235 e. The van der Waals surface area contributed by atoms with Crippen molar-refractivity contribution in [2.24, 2.45) is 0 Å². The summed E-state index contributed by atoms with van der Waals surface area (Å²) in [7, 11) is 1.63. The Labute approximate surface area is 184 Å². The second-order valence-corrected chi connectivity index (χ2v) is 8.75. The van der Waals surface area contributed by atoms with Gasteiger partial charge in [-0.3, -0.25) is 9.00 Å². The van der Waals surface area contributed by atoms with E-state index in [0.717, 1.165) is 53.8 Å². The highest BCUT2D eigenvalue weighted by molar-refractivity contribution is 7.79. The number of anilines is 1. The summed E-state index contributed by atoms with van der Waals surface area (Å²) in [6.45, 7) is 0. The predicted octanol–water partition coefficient (Wildman–Crippen LogP) is 5.05. The smallest absolute Gasteiger partial charge is 0.235 e. The zero-order chi connectivity index (χ0) is 21.8. The number of amides is 1. The van der Waals surface area contributed by atoms with E-state index in [1.807, 2.05) is 48.5 Å². The molecule has 1 aliphatic carbocycles. The van der Waals surface area contributed by atoms with Crippen LogP contribution in [0.4, 0.5) is 5.69 Å². The number of hydrogen-bond acceptors (Lipinski definition) is 4. The van der Waals surface area contributed by atoms with Crippen LogP contribution in [0, 0.1) is 0 Å². The van der Waals surface area contributed by atoms with Gasteiger partial charge in [-0.25, -0.2) is 0 Å². The Morgan fingerprint density at radius 3 is 2.26 bits per heavy atom. The number of methoxy groups -OCH3 is 1. The van der Waals surface area contributed by atoms with Gasteiger partial charge in [-0.2, -0.15) is 0 Å². The molecule has 1 fully saturated rings.